The van der Waals surface area contributed by atoms with Crippen molar-refractivity contribution in [1.82, 2.24) is 4.90 Å². The molecule has 0 saturated carbocycles. The van der Waals surface area contributed by atoms with Crippen LogP contribution in [0.1, 0.15) is 99.0 Å². The second-order valence-electron chi connectivity index (χ2n) is 13.6. The van der Waals surface area contributed by atoms with Crippen LogP contribution in [0, 0.1) is 11.3 Å². The van der Waals surface area contributed by atoms with Crippen LogP contribution in [0.5, 0.6) is 0 Å². The zero-order chi connectivity index (χ0) is 28.1. The lowest BCUT2D eigenvalue weighted by Crippen LogP contribution is -2.58. The SMILES string of the molecule is CC(C(C)(C)OC(=O)N1CCC(c2ccc(N)c(Br)c2)CC1)C1(C)OB(C2=CCC(C)(C)CC2)OC1(C)C. The van der Waals surface area contributed by atoms with E-state index in [0.29, 0.717) is 24.4 Å². The monoisotopic (exact) mass is 588 g/mol. The van der Waals surface area contributed by atoms with E-state index in [0.717, 1.165) is 42.3 Å². The highest BCUT2D eigenvalue weighted by atomic mass is 79.9. The van der Waals surface area contributed by atoms with Gasteiger partial charge in [-0.3, -0.25) is 0 Å². The first-order valence-electron chi connectivity index (χ1n) is 14.1. The molecule has 1 aromatic carbocycles. The second kappa shape index (κ2) is 10.5. The van der Waals surface area contributed by atoms with Crippen molar-refractivity contribution in [2.45, 2.75) is 110 Å². The van der Waals surface area contributed by atoms with Gasteiger partial charge in [0.2, 0.25) is 0 Å². The Hall–Kier alpha value is -1.51. The topological polar surface area (TPSA) is 74.0 Å². The molecule has 2 heterocycles. The lowest BCUT2D eigenvalue weighted by molar-refractivity contribution is -0.125. The smallest absolute Gasteiger partial charge is 0.443 e. The van der Waals surface area contributed by atoms with Gasteiger partial charge in [-0.2, -0.15) is 0 Å². The number of anilines is 1. The minimum absolute atomic E-state index is 0.107. The molecule has 6 nitrogen and oxygen atoms in total. The van der Waals surface area contributed by atoms with Crippen molar-refractivity contribution >= 4 is 34.8 Å². The molecule has 1 aliphatic carbocycles. The maximum Gasteiger partial charge on any atom is 0.490 e. The first kappa shape index (κ1) is 29.5. The van der Waals surface area contributed by atoms with Crippen molar-refractivity contribution in [1.29, 1.82) is 0 Å². The zero-order valence-electron chi connectivity index (χ0n) is 24.5. The number of allylic oxidation sites excluding steroid dienone is 2. The number of carbonyl (C=O) groups is 1. The van der Waals surface area contributed by atoms with Crippen LogP contribution in [0.15, 0.2) is 34.2 Å². The summed E-state index contributed by atoms with van der Waals surface area (Å²) in [6.45, 7) is 18.4. The number of benzene rings is 1. The lowest BCUT2D eigenvalue weighted by Gasteiger charge is -2.47. The number of amides is 1. The molecule has 38 heavy (non-hydrogen) atoms. The molecule has 3 aliphatic rings. The Labute approximate surface area is 238 Å². The van der Waals surface area contributed by atoms with Gasteiger partial charge in [0.05, 0.1) is 11.2 Å². The van der Waals surface area contributed by atoms with Crippen molar-refractivity contribution in [3.8, 4) is 0 Å². The zero-order valence-corrected chi connectivity index (χ0v) is 26.1. The highest BCUT2D eigenvalue weighted by Crippen LogP contribution is 2.49. The van der Waals surface area contributed by atoms with E-state index in [1.807, 2.05) is 24.8 Å². The molecule has 8 heteroatoms. The molecule has 0 spiro atoms. The summed E-state index contributed by atoms with van der Waals surface area (Å²) >= 11 is 3.53. The molecular formula is C30H46BBrN2O4. The predicted octanol–water partition coefficient (Wildman–Crippen LogP) is 7.51. The van der Waals surface area contributed by atoms with Gasteiger partial charge in [-0.05, 0) is 117 Å². The number of nitrogens with zero attached hydrogens (tertiary/aromatic N) is 1. The van der Waals surface area contributed by atoms with Gasteiger partial charge in [0, 0.05) is 29.2 Å². The predicted molar refractivity (Wildman–Crippen MR) is 158 cm³/mol. The number of likely N-dealkylation sites (tertiary alicyclic amines) is 1. The van der Waals surface area contributed by atoms with Gasteiger partial charge in [-0.1, -0.05) is 32.9 Å². The van der Waals surface area contributed by atoms with Crippen LogP contribution in [0.4, 0.5) is 10.5 Å². The largest absolute Gasteiger partial charge is 0.490 e. The molecule has 2 atom stereocenters. The number of halogens is 1. The molecule has 2 saturated heterocycles. The Balaban J connectivity index is 1.39. The van der Waals surface area contributed by atoms with Gasteiger partial charge in [-0.15, -0.1) is 0 Å². The molecule has 4 rings (SSSR count). The summed E-state index contributed by atoms with van der Waals surface area (Å²) < 4.78 is 20.4. The minimum atomic E-state index is -0.747. The molecule has 210 valence electrons. The number of hydrogen-bond donors (Lipinski definition) is 1. The standard InChI is InChI=1S/C30H46BBrN2O4/c1-20(30(8)29(6,7)37-31(38-30)23-11-15-27(2,3)16-12-23)28(4,5)36-26(35)34-17-13-21(14-18-34)22-9-10-25(33)24(32)19-22/h9-11,19-21H,12-18,33H2,1-8H3. The second-order valence-corrected chi connectivity index (χ2v) is 14.4. The molecule has 2 N–H and O–H groups in total. The highest BCUT2D eigenvalue weighted by Gasteiger charge is 2.61. The fraction of sp³-hybridized carbons (Fsp3) is 0.700. The molecular weight excluding hydrogens is 543 g/mol. The van der Waals surface area contributed by atoms with Gasteiger partial charge in [0.25, 0.3) is 0 Å². The van der Waals surface area contributed by atoms with E-state index < -0.39 is 16.8 Å². The molecule has 0 radical (unpaired) electrons. The Morgan fingerprint density at radius 2 is 1.84 bits per heavy atom. The normalized spacial score (nSPS) is 26.7. The molecule has 2 unspecified atom stereocenters. The van der Waals surface area contributed by atoms with E-state index in [2.05, 4.69) is 75.7 Å². The summed E-state index contributed by atoms with van der Waals surface area (Å²) in [5.41, 5.74) is 7.59. The molecule has 2 fully saturated rings. The Morgan fingerprint density at radius 1 is 1.18 bits per heavy atom. The van der Waals surface area contributed by atoms with Crippen LogP contribution in [-0.4, -0.2) is 48.0 Å². The molecule has 1 aromatic rings. The Kier molecular flexibility index (Phi) is 8.13. The van der Waals surface area contributed by atoms with Gasteiger partial charge in [0.15, 0.2) is 0 Å². The minimum Gasteiger partial charge on any atom is -0.443 e. The maximum atomic E-state index is 13.3. The van der Waals surface area contributed by atoms with Crippen LogP contribution in [0.2, 0.25) is 0 Å². The third-order valence-corrected chi connectivity index (χ3v) is 10.4. The average molecular weight is 589 g/mol. The summed E-state index contributed by atoms with van der Waals surface area (Å²) in [5, 5.41) is 0. The molecule has 2 aliphatic heterocycles. The van der Waals surface area contributed by atoms with Crippen LogP contribution < -0.4 is 5.73 Å². The number of nitrogens with two attached hydrogens (primary N) is 1. The quantitative estimate of drug-likeness (QED) is 0.284. The summed E-state index contributed by atoms with van der Waals surface area (Å²) in [4.78, 5) is 15.2. The van der Waals surface area contributed by atoms with Gasteiger partial charge in [0.1, 0.15) is 5.60 Å². The van der Waals surface area contributed by atoms with E-state index in [1.54, 1.807) is 0 Å². The van der Waals surface area contributed by atoms with Gasteiger partial charge >= 0.3 is 13.2 Å². The highest BCUT2D eigenvalue weighted by molar-refractivity contribution is 9.10. The van der Waals surface area contributed by atoms with Crippen molar-refractivity contribution in [3.63, 3.8) is 0 Å². The Morgan fingerprint density at radius 3 is 2.42 bits per heavy atom. The third-order valence-electron chi connectivity index (χ3n) is 9.73. The van der Waals surface area contributed by atoms with Crippen LogP contribution >= 0.6 is 15.9 Å². The number of nitrogen functional groups attached to an aromatic ring is 1. The summed E-state index contributed by atoms with van der Waals surface area (Å²) in [5.74, 6) is 0.299. The van der Waals surface area contributed by atoms with E-state index in [9.17, 15) is 4.79 Å². The first-order valence-corrected chi connectivity index (χ1v) is 14.9. The lowest BCUT2D eigenvalue weighted by atomic mass is 9.67. The summed E-state index contributed by atoms with van der Waals surface area (Å²) in [6, 6.07) is 6.13. The number of piperidine rings is 1. The van der Waals surface area contributed by atoms with Crippen LogP contribution in [0.25, 0.3) is 0 Å². The van der Waals surface area contributed by atoms with E-state index >= 15 is 0 Å². The van der Waals surface area contributed by atoms with Crippen molar-refractivity contribution in [3.05, 3.63) is 39.8 Å². The summed E-state index contributed by atoms with van der Waals surface area (Å²) in [6.07, 6.45) is 7.00. The van der Waals surface area contributed by atoms with Crippen LogP contribution in [0.3, 0.4) is 0 Å². The average Bonchev–Trinajstić information content (AvgIpc) is 3.09. The number of carbonyl (C=O) groups excluding carboxylic acids is 1. The van der Waals surface area contributed by atoms with E-state index in [-0.39, 0.29) is 19.1 Å². The fourth-order valence-corrected chi connectivity index (χ4v) is 6.49. The van der Waals surface area contributed by atoms with E-state index in [1.165, 1.54) is 11.0 Å². The number of rotatable bonds is 5. The van der Waals surface area contributed by atoms with Gasteiger partial charge < -0.3 is 24.7 Å². The molecule has 0 bridgehead atoms. The van der Waals surface area contributed by atoms with Crippen molar-refractivity contribution in [2.24, 2.45) is 11.3 Å². The van der Waals surface area contributed by atoms with Gasteiger partial charge in [-0.25, -0.2) is 4.79 Å². The van der Waals surface area contributed by atoms with Crippen molar-refractivity contribution < 1.29 is 18.8 Å². The maximum absolute atomic E-state index is 13.3. The first-order chi connectivity index (χ1) is 17.5. The molecule has 1 amide bonds. The van der Waals surface area contributed by atoms with E-state index in [4.69, 9.17) is 19.8 Å². The van der Waals surface area contributed by atoms with Crippen LogP contribution in [-0.2, 0) is 14.0 Å². The molecule has 0 aromatic heterocycles. The van der Waals surface area contributed by atoms with Crippen molar-refractivity contribution in [2.75, 3.05) is 18.8 Å². The Bertz CT molecular complexity index is 1080. The number of ether oxygens (including phenoxy) is 1. The number of hydrogen-bond acceptors (Lipinski definition) is 5. The fourth-order valence-electron chi connectivity index (χ4n) is 6.09. The third kappa shape index (κ3) is 5.83. The summed E-state index contributed by atoms with van der Waals surface area (Å²) in [7, 11) is -0.354.